The summed E-state index contributed by atoms with van der Waals surface area (Å²) in [5.41, 5.74) is 0. The van der Waals surface area contributed by atoms with Crippen LogP contribution in [-0.2, 0) is 18.9 Å². The third-order valence-corrected chi connectivity index (χ3v) is 4.19. The first-order chi connectivity index (χ1) is 11.3. The molecule has 2 aliphatic rings. The molecule has 2 heterocycles. The predicted molar refractivity (Wildman–Crippen MR) is 73.4 cm³/mol. The molecular weight excluding hydrogens is 332 g/mol. The zero-order chi connectivity index (χ0) is 18.0. The van der Waals surface area contributed by atoms with E-state index < -0.39 is 74.6 Å². The Labute approximate surface area is 137 Å². The van der Waals surface area contributed by atoms with Gasteiger partial charge in [-0.25, -0.2) is 0 Å². The molecule has 0 aromatic rings. The molecule has 0 aromatic carbocycles. The van der Waals surface area contributed by atoms with E-state index in [2.05, 4.69) is 0 Å². The highest BCUT2D eigenvalue weighted by atomic mass is 16.7. The maximum atomic E-state index is 10.2. The fraction of sp³-hybridized carbons (Fsp3) is 1.00. The van der Waals surface area contributed by atoms with Gasteiger partial charge in [0.25, 0.3) is 0 Å². The molecule has 7 N–H and O–H groups in total. The van der Waals surface area contributed by atoms with Gasteiger partial charge in [-0.1, -0.05) is 0 Å². The molecule has 0 saturated carbocycles. The maximum absolute atomic E-state index is 10.2. The van der Waals surface area contributed by atoms with Gasteiger partial charge in [-0.15, -0.1) is 0 Å². The number of aliphatic hydroxyl groups is 7. The lowest BCUT2D eigenvalue weighted by Gasteiger charge is -2.45. The van der Waals surface area contributed by atoms with E-state index in [1.807, 2.05) is 0 Å². The van der Waals surface area contributed by atoms with Crippen molar-refractivity contribution in [2.75, 3.05) is 20.3 Å². The van der Waals surface area contributed by atoms with Crippen LogP contribution in [-0.4, -0.2) is 117 Å². The minimum atomic E-state index is -1.69. The molecule has 11 nitrogen and oxygen atoms in total. The molecule has 2 saturated heterocycles. The summed E-state index contributed by atoms with van der Waals surface area (Å²) in [6.45, 7) is -1.24. The summed E-state index contributed by atoms with van der Waals surface area (Å²) in [4.78, 5) is 0. The molecule has 0 unspecified atom stereocenters. The van der Waals surface area contributed by atoms with E-state index in [4.69, 9.17) is 24.1 Å². The largest absolute Gasteiger partial charge is 0.394 e. The van der Waals surface area contributed by atoms with E-state index in [-0.39, 0.29) is 0 Å². The van der Waals surface area contributed by atoms with Crippen LogP contribution in [0, 0.1) is 0 Å². The molecule has 142 valence electrons. The lowest BCUT2D eigenvalue weighted by atomic mass is 9.97. The summed E-state index contributed by atoms with van der Waals surface area (Å²) < 4.78 is 20.6. The normalized spacial score (nSPS) is 50.0. The minimum Gasteiger partial charge on any atom is -0.394 e. The van der Waals surface area contributed by atoms with Gasteiger partial charge in [0.2, 0.25) is 0 Å². The molecule has 0 bridgehead atoms. The minimum absolute atomic E-state index is 0.592. The second-order valence-electron chi connectivity index (χ2n) is 5.74. The lowest BCUT2D eigenvalue weighted by Crippen LogP contribution is -2.64. The zero-order valence-corrected chi connectivity index (χ0v) is 13.0. The average Bonchev–Trinajstić information content (AvgIpc) is 2.59. The number of ether oxygens (including phenoxy) is 4. The summed E-state index contributed by atoms with van der Waals surface area (Å²) in [6, 6.07) is 0. The van der Waals surface area contributed by atoms with Gasteiger partial charge in [0.1, 0.15) is 48.8 Å². The number of rotatable bonds is 5. The average molecular weight is 356 g/mol. The summed E-state index contributed by atoms with van der Waals surface area (Å²) in [5, 5.41) is 68.0. The first kappa shape index (κ1) is 19.9. The molecule has 0 amide bonds. The first-order valence-electron chi connectivity index (χ1n) is 7.46. The summed E-state index contributed by atoms with van der Waals surface area (Å²) in [7, 11) is 1.24. The molecule has 11 heteroatoms. The Morgan fingerprint density at radius 2 is 1.25 bits per heavy atom. The first-order valence-corrected chi connectivity index (χ1v) is 7.46. The van der Waals surface area contributed by atoms with Crippen molar-refractivity contribution < 1.29 is 54.7 Å². The Morgan fingerprint density at radius 3 is 1.79 bits per heavy atom. The van der Waals surface area contributed by atoms with Gasteiger partial charge in [0, 0.05) is 7.11 Å². The standard InChI is InChI=1S/C13H24O11/c1-21-12-10(20)8(18)11(5(3-15)23-12)24-13-9(19)7(17)6(16)4(2-14)22-13/h4-20H,2-3H2,1H3/t4-,5-,6+,7+,8-,9+,10-,11+,12-,13-/m0/s1. The van der Waals surface area contributed by atoms with Crippen molar-refractivity contribution in [3.8, 4) is 0 Å². The molecule has 10 atom stereocenters. The van der Waals surface area contributed by atoms with Crippen LogP contribution >= 0.6 is 0 Å². The van der Waals surface area contributed by atoms with E-state index >= 15 is 0 Å². The van der Waals surface area contributed by atoms with Crippen LogP contribution in [0.15, 0.2) is 0 Å². The number of hydrogen-bond acceptors (Lipinski definition) is 11. The topological polar surface area (TPSA) is 179 Å². The van der Waals surface area contributed by atoms with Crippen molar-refractivity contribution in [1.82, 2.24) is 0 Å². The SMILES string of the molecule is CO[C@H]1O[C@@H](CO)[C@@H](O[C@@H]2O[C@@H](CO)[C@@H](O)[C@@H](O)[C@H]2O)[C@@H](O)[C@@H]1O. The van der Waals surface area contributed by atoms with E-state index in [9.17, 15) is 30.6 Å². The van der Waals surface area contributed by atoms with Crippen LogP contribution in [0.3, 0.4) is 0 Å². The fourth-order valence-electron chi connectivity index (χ4n) is 2.75. The number of methoxy groups -OCH3 is 1. The summed E-state index contributed by atoms with van der Waals surface area (Å²) in [6.07, 6.45) is -14.3. The Kier molecular flexibility index (Phi) is 6.87. The van der Waals surface area contributed by atoms with Crippen molar-refractivity contribution in [2.24, 2.45) is 0 Å². The summed E-state index contributed by atoms with van der Waals surface area (Å²) in [5.74, 6) is 0. The van der Waals surface area contributed by atoms with E-state index in [0.717, 1.165) is 0 Å². The van der Waals surface area contributed by atoms with E-state index in [1.165, 1.54) is 7.11 Å². The van der Waals surface area contributed by atoms with Crippen molar-refractivity contribution in [3.05, 3.63) is 0 Å². The molecular formula is C13H24O11. The third-order valence-electron chi connectivity index (χ3n) is 4.19. The van der Waals surface area contributed by atoms with Crippen LogP contribution in [0.4, 0.5) is 0 Å². The molecule has 0 aromatic heterocycles. The second-order valence-corrected chi connectivity index (χ2v) is 5.74. The molecule has 0 radical (unpaired) electrons. The van der Waals surface area contributed by atoms with Gasteiger partial charge >= 0.3 is 0 Å². The monoisotopic (exact) mass is 356 g/mol. The van der Waals surface area contributed by atoms with Crippen molar-refractivity contribution in [2.45, 2.75) is 61.4 Å². The molecule has 24 heavy (non-hydrogen) atoms. The van der Waals surface area contributed by atoms with Gasteiger partial charge in [-0.3, -0.25) is 0 Å². The Morgan fingerprint density at radius 1 is 0.708 bits per heavy atom. The number of aliphatic hydroxyl groups excluding tert-OH is 7. The second kappa shape index (κ2) is 8.29. The van der Waals surface area contributed by atoms with Gasteiger partial charge < -0.3 is 54.7 Å². The lowest BCUT2D eigenvalue weighted by molar-refractivity contribution is -0.357. The third kappa shape index (κ3) is 3.71. The van der Waals surface area contributed by atoms with E-state index in [0.29, 0.717) is 0 Å². The smallest absolute Gasteiger partial charge is 0.187 e. The van der Waals surface area contributed by atoms with Crippen LogP contribution in [0.5, 0.6) is 0 Å². The number of hydrogen-bond donors (Lipinski definition) is 7. The molecule has 2 rings (SSSR count). The molecule has 0 aliphatic carbocycles. The maximum Gasteiger partial charge on any atom is 0.187 e. The van der Waals surface area contributed by atoms with Gasteiger partial charge in [-0.2, -0.15) is 0 Å². The van der Waals surface area contributed by atoms with Gasteiger partial charge in [-0.05, 0) is 0 Å². The van der Waals surface area contributed by atoms with Gasteiger partial charge in [0.05, 0.1) is 13.2 Å². The highest BCUT2D eigenvalue weighted by Crippen LogP contribution is 2.29. The summed E-state index contributed by atoms with van der Waals surface area (Å²) >= 11 is 0. The van der Waals surface area contributed by atoms with Crippen molar-refractivity contribution in [3.63, 3.8) is 0 Å². The van der Waals surface area contributed by atoms with Crippen LogP contribution in [0.25, 0.3) is 0 Å². The predicted octanol–water partition coefficient (Wildman–Crippen LogP) is -4.74. The quantitative estimate of drug-likeness (QED) is 0.251. The molecule has 2 aliphatic heterocycles. The fourth-order valence-corrected chi connectivity index (χ4v) is 2.75. The highest BCUT2D eigenvalue weighted by Gasteiger charge is 2.50. The Hall–Kier alpha value is -0.440. The zero-order valence-electron chi connectivity index (χ0n) is 13.0. The van der Waals surface area contributed by atoms with Crippen LogP contribution in [0.2, 0.25) is 0 Å². The molecule has 2 fully saturated rings. The van der Waals surface area contributed by atoms with Crippen molar-refractivity contribution in [1.29, 1.82) is 0 Å². The van der Waals surface area contributed by atoms with Crippen LogP contribution in [0.1, 0.15) is 0 Å². The van der Waals surface area contributed by atoms with Crippen molar-refractivity contribution >= 4 is 0 Å². The van der Waals surface area contributed by atoms with E-state index in [1.54, 1.807) is 0 Å². The Bertz CT molecular complexity index is 392. The van der Waals surface area contributed by atoms with Crippen LogP contribution < -0.4 is 0 Å². The Balaban J connectivity index is 2.12. The highest BCUT2D eigenvalue weighted by molar-refractivity contribution is 4.93. The van der Waals surface area contributed by atoms with Gasteiger partial charge in [0.15, 0.2) is 12.6 Å². The molecule has 0 spiro atoms.